The van der Waals surface area contributed by atoms with Crippen molar-refractivity contribution in [1.82, 2.24) is 24.9 Å². The smallest absolute Gasteiger partial charge is 0.404 e. The number of likely N-dealkylation sites (tertiary alicyclic amines) is 3. The molecule has 5 saturated heterocycles. The number of benzene rings is 2. The zero-order valence-electron chi connectivity index (χ0n) is 33.1. The molecule has 0 aromatic heterocycles. The van der Waals surface area contributed by atoms with Crippen molar-refractivity contribution in [2.75, 3.05) is 103 Å². The molecule has 14 heteroatoms. The number of ether oxygens (including phenoxy) is 1. The quantitative estimate of drug-likeness (QED) is 0.272. The van der Waals surface area contributed by atoms with Crippen molar-refractivity contribution in [3.05, 3.63) is 72.1 Å². The van der Waals surface area contributed by atoms with Crippen LogP contribution in [0.4, 0.5) is 14.9 Å². The third-order valence-corrected chi connectivity index (χ3v) is 16.1. The zero-order chi connectivity index (χ0) is 39.7. The molecule has 1 unspecified atom stereocenters. The highest BCUT2D eigenvalue weighted by Crippen LogP contribution is 2.51. The van der Waals surface area contributed by atoms with Crippen LogP contribution in [-0.2, 0) is 24.8 Å². The van der Waals surface area contributed by atoms with Crippen LogP contribution in [-0.4, -0.2) is 155 Å². The molecule has 8 rings (SSSR count). The fourth-order valence-corrected chi connectivity index (χ4v) is 12.4. The number of piperidine rings is 1. The number of halogens is 1. The molecular formula is C43H59FN6O6S. The molecule has 1 aliphatic carbocycles. The van der Waals surface area contributed by atoms with Crippen LogP contribution in [0, 0.1) is 23.6 Å². The molecule has 2 aromatic carbocycles. The van der Waals surface area contributed by atoms with Crippen LogP contribution >= 0.6 is 0 Å². The summed E-state index contributed by atoms with van der Waals surface area (Å²) in [5.41, 5.74) is 2.06. The Morgan fingerprint density at radius 1 is 0.877 bits per heavy atom. The summed E-state index contributed by atoms with van der Waals surface area (Å²) >= 11 is 0. The van der Waals surface area contributed by atoms with Crippen LogP contribution < -0.4 is 10.2 Å². The van der Waals surface area contributed by atoms with Gasteiger partial charge < -0.3 is 34.8 Å². The van der Waals surface area contributed by atoms with Crippen LogP contribution in [0.1, 0.15) is 44.1 Å². The minimum absolute atomic E-state index is 0.101. The number of rotatable bonds is 14. The Balaban J connectivity index is 0.864. The Kier molecular flexibility index (Phi) is 12.0. The molecule has 5 aliphatic heterocycles. The maximum absolute atomic E-state index is 15.0. The van der Waals surface area contributed by atoms with Gasteiger partial charge in [0.25, 0.3) is 5.91 Å². The van der Waals surface area contributed by atoms with E-state index in [0.717, 1.165) is 115 Å². The normalized spacial score (nSPS) is 25.6. The van der Waals surface area contributed by atoms with Gasteiger partial charge in [-0.15, -0.1) is 0 Å². The maximum atomic E-state index is 15.0. The number of morpholine rings is 1. The Bertz CT molecular complexity index is 1890. The van der Waals surface area contributed by atoms with Crippen molar-refractivity contribution in [3.8, 4) is 0 Å². The summed E-state index contributed by atoms with van der Waals surface area (Å²) in [5.74, 6) is 0.454. The first-order valence-corrected chi connectivity index (χ1v) is 22.6. The second kappa shape index (κ2) is 17.0. The van der Waals surface area contributed by atoms with Gasteiger partial charge in [-0.05, 0) is 106 Å². The predicted octanol–water partition coefficient (Wildman–Crippen LogP) is 3.93. The highest BCUT2D eigenvalue weighted by atomic mass is 32.2. The Morgan fingerprint density at radius 3 is 2.30 bits per heavy atom. The average Bonchev–Trinajstić information content (AvgIpc) is 3.60. The summed E-state index contributed by atoms with van der Waals surface area (Å²) in [4.78, 5) is 36.3. The lowest BCUT2D eigenvalue weighted by molar-refractivity contribution is -0.130. The van der Waals surface area contributed by atoms with Crippen molar-refractivity contribution in [2.45, 2.75) is 60.1 Å². The SMILES string of the molecule is C=C(CN1CCOCC1)C(=O)N1CC(S(=O)(=O)c2cccc(N3CC(CN4CCC(C(CN5CCC5)(c5cccc(F)c5)[C@H]5CCC[C@@H]5NC(=O)O)CC4)C3)c2)C1. The molecule has 3 atom stereocenters. The summed E-state index contributed by atoms with van der Waals surface area (Å²) in [6.07, 6.45) is 4.83. The number of carbonyl (C=O) groups excluding carboxylic acids is 1. The fraction of sp³-hybridized carbons (Fsp3) is 0.628. The largest absolute Gasteiger partial charge is 0.465 e. The molecule has 1 saturated carbocycles. The third kappa shape index (κ3) is 8.48. The van der Waals surface area contributed by atoms with Gasteiger partial charge in [-0.1, -0.05) is 31.2 Å². The third-order valence-electron chi connectivity index (χ3n) is 14.0. The number of hydrogen-bond donors (Lipinski definition) is 2. The summed E-state index contributed by atoms with van der Waals surface area (Å²) in [6, 6.07) is 14.2. The first-order chi connectivity index (χ1) is 27.5. The highest BCUT2D eigenvalue weighted by molar-refractivity contribution is 7.92. The van der Waals surface area contributed by atoms with Gasteiger partial charge in [-0.3, -0.25) is 9.69 Å². The number of nitrogens with zero attached hydrogens (tertiary/aromatic N) is 5. The van der Waals surface area contributed by atoms with Gasteiger partial charge in [0.1, 0.15) is 11.1 Å². The lowest BCUT2D eigenvalue weighted by Gasteiger charge is -2.54. The molecule has 2 aromatic rings. The molecule has 57 heavy (non-hydrogen) atoms. The highest BCUT2D eigenvalue weighted by Gasteiger charge is 2.53. The van der Waals surface area contributed by atoms with E-state index in [-0.39, 0.29) is 42.2 Å². The molecule has 2 N–H and O–H groups in total. The van der Waals surface area contributed by atoms with E-state index in [1.54, 1.807) is 23.1 Å². The molecule has 6 fully saturated rings. The first-order valence-electron chi connectivity index (χ1n) is 21.1. The average molecular weight is 807 g/mol. The van der Waals surface area contributed by atoms with Gasteiger partial charge in [-0.25, -0.2) is 17.6 Å². The van der Waals surface area contributed by atoms with Crippen molar-refractivity contribution in [1.29, 1.82) is 0 Å². The second-order valence-corrected chi connectivity index (χ2v) is 19.7. The summed E-state index contributed by atoms with van der Waals surface area (Å²) in [6.45, 7) is 15.1. The van der Waals surface area contributed by atoms with Crippen molar-refractivity contribution in [2.24, 2.45) is 17.8 Å². The number of amides is 2. The monoisotopic (exact) mass is 806 g/mol. The minimum atomic E-state index is -3.60. The number of hydrogen-bond acceptors (Lipinski definition) is 9. The zero-order valence-corrected chi connectivity index (χ0v) is 33.9. The van der Waals surface area contributed by atoms with E-state index >= 15 is 0 Å². The van der Waals surface area contributed by atoms with Gasteiger partial charge in [0.2, 0.25) is 0 Å². The van der Waals surface area contributed by atoms with Gasteiger partial charge in [-0.2, -0.15) is 0 Å². The van der Waals surface area contributed by atoms with Gasteiger partial charge >= 0.3 is 6.09 Å². The van der Waals surface area contributed by atoms with E-state index in [1.165, 1.54) is 6.07 Å². The van der Waals surface area contributed by atoms with Gasteiger partial charge in [0.15, 0.2) is 9.84 Å². The van der Waals surface area contributed by atoms with Gasteiger partial charge in [0.05, 0.1) is 18.1 Å². The second-order valence-electron chi connectivity index (χ2n) is 17.5. The maximum Gasteiger partial charge on any atom is 0.404 e. The molecule has 12 nitrogen and oxygen atoms in total. The summed E-state index contributed by atoms with van der Waals surface area (Å²) in [7, 11) is -3.60. The molecule has 6 aliphatic rings. The van der Waals surface area contributed by atoms with E-state index in [1.807, 2.05) is 18.2 Å². The van der Waals surface area contributed by atoms with Crippen LogP contribution in [0.15, 0.2) is 65.6 Å². The van der Waals surface area contributed by atoms with E-state index in [9.17, 15) is 27.5 Å². The number of carbonyl (C=O) groups is 2. The van der Waals surface area contributed by atoms with Crippen LogP contribution in [0.25, 0.3) is 0 Å². The molecule has 0 radical (unpaired) electrons. The van der Waals surface area contributed by atoms with E-state index in [4.69, 9.17) is 4.74 Å². The Labute approximate surface area is 336 Å². The predicted molar refractivity (Wildman–Crippen MR) is 217 cm³/mol. The van der Waals surface area contributed by atoms with Crippen molar-refractivity contribution >= 4 is 27.5 Å². The molecule has 5 heterocycles. The van der Waals surface area contributed by atoms with Crippen molar-refractivity contribution in [3.63, 3.8) is 0 Å². The van der Waals surface area contributed by atoms with Crippen LogP contribution in [0.2, 0.25) is 0 Å². The number of nitrogens with one attached hydrogen (secondary N) is 1. The number of anilines is 1. The van der Waals surface area contributed by atoms with E-state index in [2.05, 4.69) is 37.6 Å². The standard InChI is InChI=1S/C43H59FN6O6S/c1-31(24-47-18-20-56-21-19-47)41(51)50-28-38(29-50)57(54,55)37-9-3-8-36(23-37)49-26-32(27-49)25-46-16-12-33(13-17-46)43(30-48-14-5-15-48,34-6-2-7-35(44)22-34)39-10-4-11-40(39)45-42(52)53/h2-3,6-9,22-23,32-33,38-40,45H,1,4-5,10-21,24-30H2,(H,52,53)/t39-,40-,43?/m0/s1. The van der Waals surface area contributed by atoms with E-state index < -0.39 is 21.2 Å². The minimum Gasteiger partial charge on any atom is -0.465 e. The number of carboxylic acid groups (broad SMARTS) is 1. The fourth-order valence-electron chi connectivity index (χ4n) is 10.7. The molecule has 0 spiro atoms. The molecule has 0 bridgehead atoms. The van der Waals surface area contributed by atoms with Gasteiger partial charge in [0, 0.05) is 87.5 Å². The molecular weight excluding hydrogens is 748 g/mol. The lowest BCUT2D eigenvalue weighted by atomic mass is 9.57. The van der Waals surface area contributed by atoms with Crippen LogP contribution in [0.5, 0.6) is 0 Å². The van der Waals surface area contributed by atoms with E-state index in [0.29, 0.717) is 42.1 Å². The summed E-state index contributed by atoms with van der Waals surface area (Å²) in [5, 5.41) is 12.0. The Morgan fingerprint density at radius 2 is 1.61 bits per heavy atom. The van der Waals surface area contributed by atoms with Crippen molar-refractivity contribution < 1.29 is 32.2 Å². The Hall–Kier alpha value is -3.56. The number of sulfone groups is 1. The summed E-state index contributed by atoms with van der Waals surface area (Å²) < 4.78 is 47.7. The first kappa shape index (κ1) is 40.2. The molecule has 310 valence electrons. The molecule has 2 amide bonds. The van der Waals surface area contributed by atoms with Crippen LogP contribution in [0.3, 0.4) is 0 Å². The topological polar surface area (TPSA) is 126 Å². The lowest BCUT2D eigenvalue weighted by Crippen LogP contribution is -2.60.